The number of nitrogens with zero attached hydrogens (tertiary/aromatic N) is 1. The van der Waals surface area contributed by atoms with Gasteiger partial charge in [0.2, 0.25) is 5.91 Å². The van der Waals surface area contributed by atoms with Gasteiger partial charge in [-0.3, -0.25) is 9.59 Å². The van der Waals surface area contributed by atoms with E-state index in [1.807, 2.05) is 42.6 Å². The SMILES string of the molecule is Cc1nc(CCNC(=O)CCc2cc3ccccc3[nH]c2=O)cs1. The van der Waals surface area contributed by atoms with Gasteiger partial charge in [0, 0.05) is 35.8 Å². The summed E-state index contributed by atoms with van der Waals surface area (Å²) in [5.74, 6) is -0.0467. The summed E-state index contributed by atoms with van der Waals surface area (Å²) in [6.45, 7) is 2.53. The summed E-state index contributed by atoms with van der Waals surface area (Å²) < 4.78 is 0. The van der Waals surface area contributed by atoms with E-state index in [0.29, 0.717) is 24.9 Å². The minimum absolute atomic E-state index is 0.0467. The van der Waals surface area contributed by atoms with E-state index in [0.717, 1.165) is 28.0 Å². The largest absolute Gasteiger partial charge is 0.356 e. The first kappa shape index (κ1) is 16.4. The molecule has 0 aliphatic rings. The molecule has 24 heavy (non-hydrogen) atoms. The van der Waals surface area contributed by atoms with Crippen LogP contribution in [0.15, 0.2) is 40.5 Å². The monoisotopic (exact) mass is 341 g/mol. The first-order valence-electron chi connectivity index (χ1n) is 7.90. The number of carbonyl (C=O) groups excluding carboxylic acids is 1. The molecule has 0 spiro atoms. The van der Waals surface area contributed by atoms with Gasteiger partial charge >= 0.3 is 0 Å². The zero-order valence-electron chi connectivity index (χ0n) is 13.5. The summed E-state index contributed by atoms with van der Waals surface area (Å²) in [4.78, 5) is 31.2. The molecule has 2 N–H and O–H groups in total. The summed E-state index contributed by atoms with van der Waals surface area (Å²) in [5.41, 5.74) is 2.33. The van der Waals surface area contributed by atoms with Gasteiger partial charge in [0.15, 0.2) is 0 Å². The van der Waals surface area contributed by atoms with Crippen LogP contribution in [0.25, 0.3) is 10.9 Å². The lowest BCUT2D eigenvalue weighted by Crippen LogP contribution is -2.26. The number of rotatable bonds is 6. The van der Waals surface area contributed by atoms with E-state index in [9.17, 15) is 9.59 Å². The molecule has 3 aromatic rings. The molecule has 1 amide bonds. The molecule has 5 nitrogen and oxygen atoms in total. The average molecular weight is 341 g/mol. The lowest BCUT2D eigenvalue weighted by molar-refractivity contribution is -0.121. The third-order valence-electron chi connectivity index (χ3n) is 3.82. The summed E-state index contributed by atoms with van der Waals surface area (Å²) >= 11 is 1.61. The van der Waals surface area contributed by atoms with Gasteiger partial charge in [0.05, 0.1) is 10.7 Å². The van der Waals surface area contributed by atoms with Crippen molar-refractivity contribution in [1.29, 1.82) is 0 Å². The fourth-order valence-electron chi connectivity index (χ4n) is 2.57. The molecule has 0 unspecified atom stereocenters. The molecule has 2 aromatic heterocycles. The predicted molar refractivity (Wildman–Crippen MR) is 96.5 cm³/mol. The minimum Gasteiger partial charge on any atom is -0.356 e. The molecular formula is C18H19N3O2S. The second kappa shape index (κ2) is 7.40. The predicted octanol–water partition coefficient (Wildman–Crippen LogP) is 2.58. The topological polar surface area (TPSA) is 74.8 Å². The van der Waals surface area contributed by atoms with Crippen LogP contribution in [0.3, 0.4) is 0 Å². The second-order valence-electron chi connectivity index (χ2n) is 5.67. The molecule has 3 rings (SSSR count). The van der Waals surface area contributed by atoms with Crippen LogP contribution in [0.2, 0.25) is 0 Å². The number of H-pyrrole nitrogens is 1. The summed E-state index contributed by atoms with van der Waals surface area (Å²) in [6, 6.07) is 9.49. The molecule has 0 aliphatic carbocycles. The van der Waals surface area contributed by atoms with Gasteiger partial charge in [-0.1, -0.05) is 18.2 Å². The number of para-hydroxylation sites is 1. The van der Waals surface area contributed by atoms with Crippen LogP contribution in [0.5, 0.6) is 0 Å². The summed E-state index contributed by atoms with van der Waals surface area (Å²) in [5, 5.41) is 6.90. The van der Waals surface area contributed by atoms with Gasteiger partial charge in [-0.15, -0.1) is 11.3 Å². The Bertz CT molecular complexity index is 914. The third-order valence-corrected chi connectivity index (χ3v) is 4.64. The summed E-state index contributed by atoms with van der Waals surface area (Å²) in [6.07, 6.45) is 1.46. The molecule has 124 valence electrons. The normalized spacial score (nSPS) is 10.9. The van der Waals surface area contributed by atoms with E-state index in [1.165, 1.54) is 0 Å². The van der Waals surface area contributed by atoms with Crippen molar-refractivity contribution >= 4 is 28.1 Å². The fourth-order valence-corrected chi connectivity index (χ4v) is 3.22. The first-order chi connectivity index (χ1) is 11.6. The van der Waals surface area contributed by atoms with Crippen LogP contribution in [-0.2, 0) is 17.6 Å². The van der Waals surface area contributed by atoms with Crippen molar-refractivity contribution in [1.82, 2.24) is 15.3 Å². The number of fused-ring (bicyclic) bond motifs is 1. The van der Waals surface area contributed by atoms with E-state index in [2.05, 4.69) is 15.3 Å². The summed E-state index contributed by atoms with van der Waals surface area (Å²) in [7, 11) is 0. The van der Waals surface area contributed by atoms with Crippen LogP contribution in [0.1, 0.15) is 22.7 Å². The number of aromatic nitrogens is 2. The Labute approximate surface area is 143 Å². The average Bonchev–Trinajstić information content (AvgIpc) is 2.98. The molecule has 0 radical (unpaired) electrons. The highest BCUT2D eigenvalue weighted by Gasteiger charge is 2.07. The smallest absolute Gasteiger partial charge is 0.251 e. The number of thiazole rings is 1. The van der Waals surface area contributed by atoms with Crippen molar-refractivity contribution in [2.45, 2.75) is 26.2 Å². The van der Waals surface area contributed by atoms with E-state index in [4.69, 9.17) is 0 Å². The Balaban J connectivity index is 1.52. The van der Waals surface area contributed by atoms with Crippen LogP contribution in [0, 0.1) is 6.92 Å². The third kappa shape index (κ3) is 4.08. The van der Waals surface area contributed by atoms with Gasteiger partial charge in [-0.05, 0) is 30.9 Å². The number of hydrogen-bond donors (Lipinski definition) is 2. The zero-order chi connectivity index (χ0) is 16.9. The maximum atomic E-state index is 12.1. The van der Waals surface area contributed by atoms with Crippen molar-refractivity contribution < 1.29 is 4.79 Å². The standard InChI is InChI=1S/C18H19N3O2S/c1-12-20-15(11-24-12)8-9-19-17(22)7-6-14-10-13-4-2-3-5-16(13)21-18(14)23/h2-5,10-11H,6-9H2,1H3,(H,19,22)(H,21,23). The van der Waals surface area contributed by atoms with Gasteiger partial charge in [-0.25, -0.2) is 4.98 Å². The van der Waals surface area contributed by atoms with Crippen LogP contribution in [-0.4, -0.2) is 22.4 Å². The molecule has 6 heteroatoms. The van der Waals surface area contributed by atoms with Crippen molar-refractivity contribution in [3.8, 4) is 0 Å². The number of aromatic amines is 1. The molecule has 0 fully saturated rings. The van der Waals surface area contributed by atoms with E-state index in [-0.39, 0.29) is 11.5 Å². The highest BCUT2D eigenvalue weighted by atomic mass is 32.1. The Hall–Kier alpha value is -2.47. The number of hydrogen-bond acceptors (Lipinski definition) is 4. The lowest BCUT2D eigenvalue weighted by Gasteiger charge is -2.05. The van der Waals surface area contributed by atoms with E-state index >= 15 is 0 Å². The number of pyridine rings is 1. The molecule has 0 bridgehead atoms. The van der Waals surface area contributed by atoms with E-state index in [1.54, 1.807) is 11.3 Å². The molecule has 0 atom stereocenters. The Morgan fingerprint density at radius 3 is 2.92 bits per heavy atom. The first-order valence-corrected chi connectivity index (χ1v) is 8.78. The zero-order valence-corrected chi connectivity index (χ0v) is 14.3. The van der Waals surface area contributed by atoms with Crippen molar-refractivity contribution in [3.05, 3.63) is 62.3 Å². The van der Waals surface area contributed by atoms with Crippen LogP contribution >= 0.6 is 11.3 Å². The van der Waals surface area contributed by atoms with E-state index < -0.39 is 0 Å². The number of nitrogens with one attached hydrogen (secondary N) is 2. The molecule has 0 saturated heterocycles. The maximum absolute atomic E-state index is 12.1. The minimum atomic E-state index is -0.126. The number of benzene rings is 1. The molecular weight excluding hydrogens is 322 g/mol. The quantitative estimate of drug-likeness (QED) is 0.724. The number of carbonyl (C=O) groups is 1. The van der Waals surface area contributed by atoms with Crippen LogP contribution in [0.4, 0.5) is 0 Å². The Morgan fingerprint density at radius 1 is 1.29 bits per heavy atom. The van der Waals surface area contributed by atoms with Crippen molar-refractivity contribution in [2.24, 2.45) is 0 Å². The highest BCUT2D eigenvalue weighted by Crippen LogP contribution is 2.11. The van der Waals surface area contributed by atoms with Crippen molar-refractivity contribution in [2.75, 3.05) is 6.54 Å². The van der Waals surface area contributed by atoms with Crippen LogP contribution < -0.4 is 10.9 Å². The maximum Gasteiger partial charge on any atom is 0.251 e. The van der Waals surface area contributed by atoms with Gasteiger partial charge in [0.25, 0.3) is 5.56 Å². The molecule has 0 aliphatic heterocycles. The van der Waals surface area contributed by atoms with Gasteiger partial charge in [0.1, 0.15) is 0 Å². The highest BCUT2D eigenvalue weighted by molar-refractivity contribution is 7.09. The fraction of sp³-hybridized carbons (Fsp3) is 0.278. The molecule has 2 heterocycles. The Kier molecular flexibility index (Phi) is 5.05. The van der Waals surface area contributed by atoms with Crippen molar-refractivity contribution in [3.63, 3.8) is 0 Å². The van der Waals surface area contributed by atoms with Gasteiger partial charge in [-0.2, -0.15) is 0 Å². The number of aryl methyl sites for hydroxylation is 2. The Morgan fingerprint density at radius 2 is 2.12 bits per heavy atom. The molecule has 1 aromatic carbocycles. The molecule has 0 saturated carbocycles. The van der Waals surface area contributed by atoms with Gasteiger partial charge < -0.3 is 10.3 Å². The number of amides is 1. The lowest BCUT2D eigenvalue weighted by atomic mass is 10.1. The second-order valence-corrected chi connectivity index (χ2v) is 6.73.